The normalized spacial score (nSPS) is 16.9. The van der Waals surface area contributed by atoms with E-state index in [-0.39, 0.29) is 0 Å². The van der Waals surface area contributed by atoms with Crippen LogP contribution in [0.2, 0.25) is 0 Å². The molecule has 0 bridgehead atoms. The number of aliphatic hydroxyl groups is 1. The number of nitrogens with zero attached hydrogens (tertiary/aromatic N) is 3. The number of hydrogen-bond acceptors (Lipinski definition) is 5. The molecule has 5 nitrogen and oxygen atoms in total. The molecule has 0 aromatic heterocycles. The van der Waals surface area contributed by atoms with Gasteiger partial charge in [-0.15, -0.1) is 0 Å². The summed E-state index contributed by atoms with van der Waals surface area (Å²) in [7, 11) is 0. The van der Waals surface area contributed by atoms with Gasteiger partial charge in [0.05, 0.1) is 11.6 Å². The second-order valence-corrected chi connectivity index (χ2v) is 7.52. The van der Waals surface area contributed by atoms with Gasteiger partial charge in [-0.3, -0.25) is 9.80 Å². The Hall–Kier alpha value is -2.39. The first kappa shape index (κ1) is 20.3. The smallest absolute Gasteiger partial charge is 0.119 e. The van der Waals surface area contributed by atoms with Crippen molar-refractivity contribution in [3.05, 3.63) is 65.2 Å². The average Bonchev–Trinajstić information content (AvgIpc) is 2.93. The lowest BCUT2D eigenvalue weighted by Crippen LogP contribution is -2.38. The first-order valence-corrected chi connectivity index (χ1v) is 9.93. The van der Waals surface area contributed by atoms with Crippen LogP contribution in [0.15, 0.2) is 48.5 Å². The summed E-state index contributed by atoms with van der Waals surface area (Å²) in [5, 5.41) is 19.3. The number of benzene rings is 2. The van der Waals surface area contributed by atoms with Crippen LogP contribution >= 0.6 is 0 Å². The highest BCUT2D eigenvalue weighted by Crippen LogP contribution is 2.13. The Morgan fingerprint density at radius 1 is 1.00 bits per heavy atom. The lowest BCUT2D eigenvalue weighted by molar-refractivity contribution is 0.0693. The Morgan fingerprint density at radius 3 is 2.39 bits per heavy atom. The van der Waals surface area contributed by atoms with Gasteiger partial charge in [0.25, 0.3) is 0 Å². The number of β-amino-alcohol motifs (C(OH)–C–C–N with tert-alkyl or cyclic N) is 1. The molecule has 148 valence electrons. The van der Waals surface area contributed by atoms with Crippen LogP contribution in [0.3, 0.4) is 0 Å². The van der Waals surface area contributed by atoms with Gasteiger partial charge in [0.1, 0.15) is 18.5 Å². The van der Waals surface area contributed by atoms with Crippen molar-refractivity contribution in [2.75, 3.05) is 39.3 Å². The third-order valence-corrected chi connectivity index (χ3v) is 5.10. The number of aliphatic hydroxyl groups excluding tert-OH is 1. The van der Waals surface area contributed by atoms with Gasteiger partial charge in [-0.1, -0.05) is 29.8 Å². The molecular weight excluding hydrogens is 350 g/mol. The maximum absolute atomic E-state index is 10.4. The van der Waals surface area contributed by atoms with Crippen LogP contribution in [0.1, 0.15) is 23.1 Å². The molecule has 1 N–H and O–H groups in total. The maximum atomic E-state index is 10.4. The van der Waals surface area contributed by atoms with Gasteiger partial charge in [0.2, 0.25) is 0 Å². The summed E-state index contributed by atoms with van der Waals surface area (Å²) >= 11 is 0. The fraction of sp³-hybridized carbons (Fsp3) is 0.435. The Balaban J connectivity index is 1.41. The van der Waals surface area contributed by atoms with Crippen LogP contribution in [0, 0.1) is 18.3 Å². The van der Waals surface area contributed by atoms with Gasteiger partial charge < -0.3 is 9.84 Å². The zero-order chi connectivity index (χ0) is 19.8. The summed E-state index contributed by atoms with van der Waals surface area (Å²) in [5.74, 6) is 0.800. The van der Waals surface area contributed by atoms with E-state index in [1.807, 2.05) is 55.5 Å². The van der Waals surface area contributed by atoms with Crippen molar-refractivity contribution in [1.82, 2.24) is 9.80 Å². The van der Waals surface area contributed by atoms with Crippen molar-refractivity contribution in [3.63, 3.8) is 0 Å². The minimum absolute atomic E-state index is 0.314. The summed E-state index contributed by atoms with van der Waals surface area (Å²) in [6, 6.07) is 17.9. The molecule has 1 aliphatic heterocycles. The van der Waals surface area contributed by atoms with Crippen molar-refractivity contribution in [3.8, 4) is 11.8 Å². The summed E-state index contributed by atoms with van der Waals surface area (Å²) in [5.41, 5.74) is 3.13. The SMILES string of the molecule is Cc1ccc(OCC(O)CN2CCCN(Cc3ccc(C#N)cc3)CC2)cc1. The number of ether oxygens (including phenoxy) is 1. The van der Waals surface area contributed by atoms with Crippen molar-refractivity contribution >= 4 is 0 Å². The highest BCUT2D eigenvalue weighted by atomic mass is 16.5. The highest BCUT2D eigenvalue weighted by molar-refractivity contribution is 5.31. The second-order valence-electron chi connectivity index (χ2n) is 7.52. The van der Waals surface area contributed by atoms with Crippen LogP contribution in [-0.2, 0) is 6.54 Å². The summed E-state index contributed by atoms with van der Waals surface area (Å²) in [6.07, 6.45) is 0.591. The quantitative estimate of drug-likeness (QED) is 0.802. The fourth-order valence-corrected chi connectivity index (χ4v) is 3.49. The monoisotopic (exact) mass is 379 g/mol. The number of nitriles is 1. The van der Waals surface area contributed by atoms with Crippen molar-refractivity contribution < 1.29 is 9.84 Å². The number of rotatable bonds is 7. The lowest BCUT2D eigenvalue weighted by Gasteiger charge is -2.24. The van der Waals surface area contributed by atoms with E-state index in [4.69, 9.17) is 10.00 Å². The molecule has 0 amide bonds. The van der Waals surface area contributed by atoms with Gasteiger partial charge in [-0.2, -0.15) is 5.26 Å². The zero-order valence-corrected chi connectivity index (χ0v) is 16.6. The van der Waals surface area contributed by atoms with Gasteiger partial charge in [0.15, 0.2) is 0 Å². The first-order chi connectivity index (χ1) is 13.6. The minimum Gasteiger partial charge on any atom is -0.491 e. The van der Waals surface area contributed by atoms with Gasteiger partial charge in [-0.05, 0) is 56.3 Å². The predicted octanol–water partition coefficient (Wildman–Crippen LogP) is 2.81. The van der Waals surface area contributed by atoms with E-state index in [1.165, 1.54) is 11.1 Å². The largest absolute Gasteiger partial charge is 0.491 e. The molecule has 3 rings (SSSR count). The molecule has 28 heavy (non-hydrogen) atoms. The summed E-state index contributed by atoms with van der Waals surface area (Å²) in [4.78, 5) is 4.76. The van der Waals surface area contributed by atoms with E-state index in [9.17, 15) is 5.11 Å². The van der Waals surface area contributed by atoms with Gasteiger partial charge in [-0.25, -0.2) is 0 Å². The van der Waals surface area contributed by atoms with E-state index in [1.54, 1.807) is 0 Å². The van der Waals surface area contributed by atoms with Crippen LogP contribution < -0.4 is 4.74 Å². The fourth-order valence-electron chi connectivity index (χ4n) is 3.49. The molecule has 1 heterocycles. The molecule has 0 aliphatic carbocycles. The molecule has 1 atom stereocenters. The molecule has 1 aliphatic rings. The molecule has 0 saturated carbocycles. The summed E-state index contributed by atoms with van der Waals surface area (Å²) in [6.45, 7) is 7.85. The van der Waals surface area contributed by atoms with Crippen molar-refractivity contribution in [2.24, 2.45) is 0 Å². The Morgan fingerprint density at radius 2 is 1.68 bits per heavy atom. The van der Waals surface area contributed by atoms with E-state index >= 15 is 0 Å². The first-order valence-electron chi connectivity index (χ1n) is 9.93. The molecule has 1 fully saturated rings. The molecule has 1 unspecified atom stereocenters. The lowest BCUT2D eigenvalue weighted by atomic mass is 10.1. The Bertz CT molecular complexity index is 768. The van der Waals surface area contributed by atoms with Crippen LogP contribution in [0.4, 0.5) is 0 Å². The molecule has 0 radical (unpaired) electrons. The van der Waals surface area contributed by atoms with Crippen LogP contribution in [0.25, 0.3) is 0 Å². The van der Waals surface area contributed by atoms with Crippen molar-refractivity contribution in [1.29, 1.82) is 5.26 Å². The average molecular weight is 380 g/mol. The van der Waals surface area contributed by atoms with Gasteiger partial charge in [0, 0.05) is 26.2 Å². The second kappa shape index (κ2) is 10.2. The van der Waals surface area contributed by atoms with Crippen LogP contribution in [-0.4, -0.2) is 60.3 Å². The highest BCUT2D eigenvalue weighted by Gasteiger charge is 2.18. The third kappa shape index (κ3) is 6.35. The molecule has 1 saturated heterocycles. The van der Waals surface area contributed by atoms with Gasteiger partial charge >= 0.3 is 0 Å². The van der Waals surface area contributed by atoms with E-state index < -0.39 is 6.10 Å². The zero-order valence-electron chi connectivity index (χ0n) is 16.6. The Kier molecular flexibility index (Phi) is 7.44. The Labute approximate surface area is 167 Å². The molecule has 5 heteroatoms. The molecular formula is C23H29N3O2. The van der Waals surface area contributed by atoms with E-state index in [0.717, 1.165) is 44.9 Å². The minimum atomic E-state index is -0.494. The maximum Gasteiger partial charge on any atom is 0.119 e. The number of aryl methyl sites for hydroxylation is 1. The molecule has 2 aromatic rings. The van der Waals surface area contributed by atoms with Crippen LogP contribution in [0.5, 0.6) is 5.75 Å². The van der Waals surface area contributed by atoms with E-state index in [2.05, 4.69) is 15.9 Å². The standard InChI is InChI=1S/C23H29N3O2/c1-19-3-9-23(10-4-19)28-18-22(27)17-26-12-2-11-25(13-14-26)16-21-7-5-20(15-24)6-8-21/h3-10,22,27H,2,11-14,16-18H2,1H3. The molecule has 2 aromatic carbocycles. The third-order valence-electron chi connectivity index (χ3n) is 5.10. The van der Waals surface area contributed by atoms with Crippen molar-refractivity contribution in [2.45, 2.75) is 26.0 Å². The molecule has 0 spiro atoms. The summed E-state index contributed by atoms with van der Waals surface area (Å²) < 4.78 is 5.70. The number of hydrogen-bond donors (Lipinski definition) is 1. The predicted molar refractivity (Wildman–Crippen MR) is 110 cm³/mol. The van der Waals surface area contributed by atoms with E-state index in [0.29, 0.717) is 18.7 Å². The topological polar surface area (TPSA) is 59.7 Å².